The number of ether oxygens (including phenoxy) is 1. The highest BCUT2D eigenvalue weighted by atomic mass is 16.5. The highest BCUT2D eigenvalue weighted by Crippen LogP contribution is 2.33. The third-order valence-corrected chi connectivity index (χ3v) is 6.11. The number of nitrogens with one attached hydrogen (secondary N) is 1. The molecule has 0 unspecified atom stereocenters. The van der Waals surface area contributed by atoms with Crippen LogP contribution in [0.15, 0.2) is 66.7 Å². The molecule has 0 bridgehead atoms. The number of para-hydroxylation sites is 1. The summed E-state index contributed by atoms with van der Waals surface area (Å²) in [4.78, 5) is 29.7. The normalized spacial score (nSPS) is 12.3. The van der Waals surface area contributed by atoms with E-state index in [4.69, 9.17) is 4.74 Å². The van der Waals surface area contributed by atoms with E-state index in [1.807, 2.05) is 108 Å². The van der Waals surface area contributed by atoms with Crippen molar-refractivity contribution in [2.75, 3.05) is 11.5 Å². The van der Waals surface area contributed by atoms with Crippen LogP contribution in [0.3, 0.4) is 0 Å². The van der Waals surface area contributed by atoms with Crippen molar-refractivity contribution in [3.8, 4) is 5.75 Å². The molecule has 8 nitrogen and oxygen atoms in total. The quantitative estimate of drug-likeness (QED) is 0.353. The SMILES string of the molecule is CCOc1ccc([C@H](C(=O)NC(C)(C)C)N(C(=O)Cn2nnc3ccccc32)c2cc(C)ccc2C)cc1. The van der Waals surface area contributed by atoms with E-state index >= 15 is 0 Å². The van der Waals surface area contributed by atoms with Gasteiger partial charge in [-0.2, -0.15) is 0 Å². The molecule has 0 fully saturated rings. The number of hydrogen-bond donors (Lipinski definition) is 1. The van der Waals surface area contributed by atoms with Gasteiger partial charge in [0, 0.05) is 11.2 Å². The van der Waals surface area contributed by atoms with Gasteiger partial charge in [0.2, 0.25) is 11.8 Å². The molecule has 38 heavy (non-hydrogen) atoms. The topological polar surface area (TPSA) is 89.4 Å². The zero-order valence-corrected chi connectivity index (χ0v) is 22.9. The van der Waals surface area contributed by atoms with Gasteiger partial charge in [-0.05, 0) is 88.6 Å². The monoisotopic (exact) mass is 513 g/mol. The summed E-state index contributed by atoms with van der Waals surface area (Å²) in [6.45, 7) is 12.1. The molecule has 0 radical (unpaired) electrons. The Kier molecular flexibility index (Phi) is 7.80. The van der Waals surface area contributed by atoms with Crippen LogP contribution < -0.4 is 15.0 Å². The zero-order chi connectivity index (χ0) is 27.4. The number of anilines is 1. The second kappa shape index (κ2) is 11.0. The minimum absolute atomic E-state index is 0.0791. The van der Waals surface area contributed by atoms with Crippen molar-refractivity contribution < 1.29 is 14.3 Å². The molecule has 0 spiro atoms. The molecule has 4 aromatic rings. The standard InChI is InChI=1S/C30H35N5O3/c1-7-38-23-16-14-22(15-17-23)28(29(37)31-30(4,5)6)35(26-18-20(2)12-13-21(26)3)27(36)19-34-25-11-9-8-10-24(25)32-33-34/h8-18,28H,7,19H2,1-6H3,(H,31,37)/t28-/m1/s1. The van der Waals surface area contributed by atoms with Gasteiger partial charge in [-0.3, -0.25) is 14.5 Å². The summed E-state index contributed by atoms with van der Waals surface area (Å²) in [5, 5.41) is 11.5. The molecule has 0 aliphatic rings. The summed E-state index contributed by atoms with van der Waals surface area (Å²) in [5.41, 5.74) is 4.16. The van der Waals surface area contributed by atoms with Crippen LogP contribution in [0.5, 0.6) is 5.75 Å². The maximum absolute atomic E-state index is 14.2. The fourth-order valence-corrected chi connectivity index (χ4v) is 4.40. The van der Waals surface area contributed by atoms with Gasteiger partial charge in [-0.25, -0.2) is 4.68 Å². The second-order valence-electron chi connectivity index (χ2n) is 10.4. The third kappa shape index (κ3) is 6.02. The largest absolute Gasteiger partial charge is 0.494 e. The van der Waals surface area contributed by atoms with Crippen LogP contribution in [0.4, 0.5) is 5.69 Å². The van der Waals surface area contributed by atoms with Crippen LogP contribution >= 0.6 is 0 Å². The van der Waals surface area contributed by atoms with E-state index in [9.17, 15) is 9.59 Å². The van der Waals surface area contributed by atoms with Crippen molar-refractivity contribution in [1.29, 1.82) is 0 Å². The van der Waals surface area contributed by atoms with E-state index in [1.165, 1.54) is 0 Å². The van der Waals surface area contributed by atoms with Gasteiger partial charge in [-0.1, -0.05) is 41.6 Å². The predicted octanol–water partition coefficient (Wildman–Crippen LogP) is 5.14. The molecule has 0 aliphatic heterocycles. The first-order valence-electron chi connectivity index (χ1n) is 12.8. The summed E-state index contributed by atoms with van der Waals surface area (Å²) in [6.07, 6.45) is 0. The summed E-state index contributed by atoms with van der Waals surface area (Å²) < 4.78 is 7.20. The lowest BCUT2D eigenvalue weighted by molar-refractivity contribution is -0.128. The Balaban J connectivity index is 1.85. The molecule has 3 aromatic carbocycles. The van der Waals surface area contributed by atoms with Crippen molar-refractivity contribution in [2.24, 2.45) is 0 Å². The summed E-state index contributed by atoms with van der Waals surface area (Å²) in [5.74, 6) is 0.140. The molecule has 1 heterocycles. The molecular weight excluding hydrogens is 478 g/mol. The smallest absolute Gasteiger partial charge is 0.249 e. The first kappa shape index (κ1) is 26.9. The minimum Gasteiger partial charge on any atom is -0.494 e. The molecule has 1 atom stereocenters. The van der Waals surface area contributed by atoms with Crippen molar-refractivity contribution in [3.05, 3.63) is 83.4 Å². The second-order valence-corrected chi connectivity index (χ2v) is 10.4. The minimum atomic E-state index is -0.923. The average Bonchev–Trinajstić information content (AvgIpc) is 3.26. The molecule has 2 amide bonds. The molecule has 8 heteroatoms. The van der Waals surface area contributed by atoms with Gasteiger partial charge in [0.15, 0.2) is 0 Å². The van der Waals surface area contributed by atoms with E-state index in [0.717, 1.165) is 16.6 Å². The predicted molar refractivity (Wildman–Crippen MR) is 149 cm³/mol. The lowest BCUT2D eigenvalue weighted by Gasteiger charge is -2.35. The van der Waals surface area contributed by atoms with Crippen LogP contribution in [0.25, 0.3) is 11.0 Å². The Morgan fingerprint density at radius 1 is 1.03 bits per heavy atom. The molecule has 1 aromatic heterocycles. The van der Waals surface area contributed by atoms with Gasteiger partial charge in [0.1, 0.15) is 23.9 Å². The number of nitrogens with zero attached hydrogens (tertiary/aromatic N) is 4. The maximum Gasteiger partial charge on any atom is 0.249 e. The van der Waals surface area contributed by atoms with Crippen LogP contribution in [0.2, 0.25) is 0 Å². The highest BCUT2D eigenvalue weighted by Gasteiger charge is 2.35. The lowest BCUT2D eigenvalue weighted by Crippen LogP contribution is -2.50. The van der Waals surface area contributed by atoms with Crippen molar-refractivity contribution >= 4 is 28.5 Å². The zero-order valence-electron chi connectivity index (χ0n) is 22.9. The van der Waals surface area contributed by atoms with E-state index < -0.39 is 11.6 Å². The first-order chi connectivity index (χ1) is 18.1. The Hall–Kier alpha value is -4.20. The van der Waals surface area contributed by atoms with Crippen molar-refractivity contribution in [1.82, 2.24) is 20.3 Å². The Bertz CT molecular complexity index is 1440. The molecule has 0 aliphatic carbocycles. The Morgan fingerprint density at radius 2 is 1.74 bits per heavy atom. The molecule has 0 saturated heterocycles. The highest BCUT2D eigenvalue weighted by molar-refractivity contribution is 6.02. The third-order valence-electron chi connectivity index (χ3n) is 6.11. The Labute approximate surface area is 223 Å². The van der Waals surface area contributed by atoms with Crippen LogP contribution in [-0.2, 0) is 16.1 Å². The van der Waals surface area contributed by atoms with Gasteiger partial charge < -0.3 is 10.1 Å². The van der Waals surface area contributed by atoms with Crippen LogP contribution in [-0.4, -0.2) is 39.0 Å². The molecule has 4 rings (SSSR count). The molecular formula is C30H35N5O3. The fraction of sp³-hybridized carbons (Fsp3) is 0.333. The van der Waals surface area contributed by atoms with E-state index in [2.05, 4.69) is 15.6 Å². The van der Waals surface area contributed by atoms with Gasteiger partial charge in [0.05, 0.1) is 12.1 Å². The number of rotatable bonds is 8. The summed E-state index contributed by atoms with van der Waals surface area (Å²) in [7, 11) is 0. The first-order valence-corrected chi connectivity index (χ1v) is 12.8. The maximum atomic E-state index is 14.2. The van der Waals surface area contributed by atoms with Crippen molar-refractivity contribution in [3.63, 3.8) is 0 Å². The number of hydrogen-bond acceptors (Lipinski definition) is 5. The fourth-order valence-electron chi connectivity index (χ4n) is 4.40. The lowest BCUT2D eigenvalue weighted by atomic mass is 9.99. The van der Waals surface area contributed by atoms with Gasteiger partial charge in [-0.15, -0.1) is 5.10 Å². The summed E-state index contributed by atoms with van der Waals surface area (Å²) >= 11 is 0. The number of aryl methyl sites for hydroxylation is 2. The molecule has 1 N–H and O–H groups in total. The number of aromatic nitrogens is 3. The Morgan fingerprint density at radius 3 is 2.42 bits per heavy atom. The number of amides is 2. The molecule has 198 valence electrons. The van der Waals surface area contributed by atoms with E-state index in [-0.39, 0.29) is 18.4 Å². The van der Waals surface area contributed by atoms with E-state index in [1.54, 1.807) is 9.58 Å². The van der Waals surface area contributed by atoms with Crippen LogP contribution in [0.1, 0.15) is 50.4 Å². The van der Waals surface area contributed by atoms with Gasteiger partial charge >= 0.3 is 0 Å². The average molecular weight is 514 g/mol. The van der Waals surface area contributed by atoms with Crippen LogP contribution in [0, 0.1) is 13.8 Å². The number of benzene rings is 3. The number of fused-ring (bicyclic) bond motifs is 1. The number of carbonyl (C=O) groups excluding carboxylic acids is 2. The van der Waals surface area contributed by atoms with Gasteiger partial charge in [0.25, 0.3) is 0 Å². The summed E-state index contributed by atoms with van der Waals surface area (Å²) in [6, 6.07) is 19.8. The van der Waals surface area contributed by atoms with Crippen molar-refractivity contribution in [2.45, 2.75) is 59.7 Å². The number of carbonyl (C=O) groups is 2. The van der Waals surface area contributed by atoms with E-state index in [0.29, 0.717) is 29.1 Å². The molecule has 0 saturated carbocycles.